The molecule has 2 aliphatic heterocycles. The Bertz CT molecular complexity index is 593. The lowest BCUT2D eigenvalue weighted by Crippen LogP contribution is -2.44. The van der Waals surface area contributed by atoms with E-state index in [-0.39, 0.29) is 5.91 Å². The molecule has 0 saturated carbocycles. The summed E-state index contributed by atoms with van der Waals surface area (Å²) in [6.45, 7) is 6.64. The van der Waals surface area contributed by atoms with Gasteiger partial charge in [0.05, 0.1) is 33.9 Å². The Morgan fingerprint density at radius 2 is 1.77 bits per heavy atom. The fourth-order valence-electron chi connectivity index (χ4n) is 3.79. The molecule has 0 radical (unpaired) electrons. The smallest absolute Gasteiger partial charge is 0.226 e. The van der Waals surface area contributed by atoms with Gasteiger partial charge in [0.1, 0.15) is 0 Å². The van der Waals surface area contributed by atoms with E-state index in [1.807, 2.05) is 23.1 Å². The Morgan fingerprint density at radius 3 is 2.42 bits per heavy atom. The molecule has 0 N–H and O–H groups in total. The number of carbonyl (C=O) groups excluding carboxylic acids is 1. The minimum Gasteiger partial charge on any atom is -0.493 e. The van der Waals surface area contributed by atoms with Gasteiger partial charge in [0.2, 0.25) is 5.91 Å². The maximum atomic E-state index is 12.6. The van der Waals surface area contributed by atoms with Crippen molar-refractivity contribution >= 4 is 5.91 Å². The summed E-state index contributed by atoms with van der Waals surface area (Å²) >= 11 is 0. The van der Waals surface area contributed by atoms with Crippen molar-refractivity contribution in [1.29, 1.82) is 0 Å². The third kappa shape index (κ3) is 4.89. The number of rotatable bonds is 6. The predicted octanol–water partition coefficient (Wildman–Crippen LogP) is 1.82. The number of nitrogens with zero attached hydrogens (tertiary/aromatic N) is 2. The van der Waals surface area contributed by atoms with Gasteiger partial charge in [0.25, 0.3) is 0 Å². The van der Waals surface area contributed by atoms with Crippen LogP contribution in [0.25, 0.3) is 0 Å². The molecule has 144 valence electrons. The predicted molar refractivity (Wildman–Crippen MR) is 99.8 cm³/mol. The van der Waals surface area contributed by atoms with Gasteiger partial charge in [-0.1, -0.05) is 6.07 Å². The first-order valence-corrected chi connectivity index (χ1v) is 9.48. The van der Waals surface area contributed by atoms with Gasteiger partial charge >= 0.3 is 0 Å². The largest absolute Gasteiger partial charge is 0.493 e. The highest BCUT2D eigenvalue weighted by Gasteiger charge is 2.25. The van der Waals surface area contributed by atoms with Crippen LogP contribution in [0, 0.1) is 5.92 Å². The fourth-order valence-corrected chi connectivity index (χ4v) is 3.79. The number of morpholine rings is 1. The molecule has 2 aliphatic rings. The number of benzene rings is 1. The lowest BCUT2D eigenvalue weighted by atomic mass is 9.95. The van der Waals surface area contributed by atoms with Crippen LogP contribution < -0.4 is 9.47 Å². The molecular formula is C20H30N2O4. The van der Waals surface area contributed by atoms with Gasteiger partial charge in [-0.3, -0.25) is 9.69 Å². The maximum Gasteiger partial charge on any atom is 0.226 e. The molecule has 0 bridgehead atoms. The van der Waals surface area contributed by atoms with E-state index in [4.69, 9.17) is 14.2 Å². The van der Waals surface area contributed by atoms with Gasteiger partial charge in [-0.15, -0.1) is 0 Å². The molecule has 0 atom stereocenters. The summed E-state index contributed by atoms with van der Waals surface area (Å²) in [4.78, 5) is 17.1. The van der Waals surface area contributed by atoms with Crippen LogP contribution in [-0.2, 0) is 16.0 Å². The topological polar surface area (TPSA) is 51.2 Å². The molecule has 0 spiro atoms. The number of carbonyl (C=O) groups is 1. The number of hydrogen-bond donors (Lipinski definition) is 0. The van der Waals surface area contributed by atoms with E-state index in [0.717, 1.165) is 64.3 Å². The normalized spacial score (nSPS) is 19.4. The Morgan fingerprint density at radius 1 is 1.08 bits per heavy atom. The minimum absolute atomic E-state index is 0.196. The van der Waals surface area contributed by atoms with Crippen molar-refractivity contribution in [2.24, 2.45) is 5.92 Å². The molecule has 1 amide bonds. The van der Waals surface area contributed by atoms with Crippen LogP contribution in [-0.4, -0.2) is 75.9 Å². The second kappa shape index (κ2) is 9.24. The van der Waals surface area contributed by atoms with Gasteiger partial charge < -0.3 is 19.1 Å². The highest BCUT2D eigenvalue weighted by Crippen LogP contribution is 2.28. The summed E-state index contributed by atoms with van der Waals surface area (Å²) in [7, 11) is 3.23. The first kappa shape index (κ1) is 19.0. The molecule has 2 saturated heterocycles. The van der Waals surface area contributed by atoms with Gasteiger partial charge in [0, 0.05) is 32.7 Å². The van der Waals surface area contributed by atoms with E-state index in [2.05, 4.69) is 4.90 Å². The first-order chi connectivity index (χ1) is 12.7. The molecule has 0 aliphatic carbocycles. The Labute approximate surface area is 156 Å². The zero-order chi connectivity index (χ0) is 18.4. The van der Waals surface area contributed by atoms with E-state index < -0.39 is 0 Å². The lowest BCUT2D eigenvalue weighted by molar-refractivity contribution is -0.132. The zero-order valence-electron chi connectivity index (χ0n) is 15.9. The van der Waals surface area contributed by atoms with Crippen molar-refractivity contribution in [2.75, 3.05) is 60.2 Å². The molecule has 6 heteroatoms. The van der Waals surface area contributed by atoms with Gasteiger partial charge in [-0.2, -0.15) is 0 Å². The number of likely N-dealkylation sites (tertiary alicyclic amines) is 1. The van der Waals surface area contributed by atoms with Crippen LogP contribution >= 0.6 is 0 Å². The summed E-state index contributed by atoms with van der Waals surface area (Å²) in [5.74, 6) is 2.25. The summed E-state index contributed by atoms with van der Waals surface area (Å²) in [5, 5.41) is 0. The summed E-state index contributed by atoms with van der Waals surface area (Å²) in [6.07, 6.45) is 2.60. The molecular weight excluding hydrogens is 332 g/mol. The maximum absolute atomic E-state index is 12.6. The Kier molecular flexibility index (Phi) is 6.74. The number of methoxy groups -OCH3 is 2. The van der Waals surface area contributed by atoms with Crippen LogP contribution in [0.5, 0.6) is 11.5 Å². The van der Waals surface area contributed by atoms with E-state index in [1.165, 1.54) is 0 Å². The minimum atomic E-state index is 0.196. The standard InChI is InChI=1S/C20H30N2O4/c1-24-18-4-3-17(13-19(18)25-2)14-20(23)22-7-5-16(6-8-22)15-21-9-11-26-12-10-21/h3-4,13,16H,5-12,14-15H2,1-2H3. The second-order valence-electron chi connectivity index (χ2n) is 7.10. The van der Waals surface area contributed by atoms with Crippen LogP contribution in [0.3, 0.4) is 0 Å². The van der Waals surface area contributed by atoms with Gasteiger partial charge in [-0.25, -0.2) is 0 Å². The van der Waals surface area contributed by atoms with Crippen molar-refractivity contribution in [3.05, 3.63) is 23.8 Å². The summed E-state index contributed by atoms with van der Waals surface area (Å²) in [5.41, 5.74) is 0.961. The Hall–Kier alpha value is -1.79. The average Bonchev–Trinajstić information content (AvgIpc) is 2.69. The van der Waals surface area contributed by atoms with Gasteiger partial charge in [-0.05, 0) is 36.5 Å². The van der Waals surface area contributed by atoms with Crippen molar-refractivity contribution in [3.63, 3.8) is 0 Å². The third-order valence-corrected chi connectivity index (χ3v) is 5.39. The SMILES string of the molecule is COc1ccc(CC(=O)N2CCC(CN3CCOCC3)CC2)cc1OC. The van der Waals surface area contributed by atoms with Crippen LogP contribution in [0.4, 0.5) is 0 Å². The monoisotopic (exact) mass is 362 g/mol. The molecule has 0 aromatic heterocycles. The highest BCUT2D eigenvalue weighted by atomic mass is 16.5. The molecule has 0 unspecified atom stereocenters. The van der Waals surface area contributed by atoms with E-state index in [9.17, 15) is 4.79 Å². The number of amides is 1. The van der Waals surface area contributed by atoms with Crippen molar-refractivity contribution < 1.29 is 19.0 Å². The Balaban J connectivity index is 1.47. The average molecular weight is 362 g/mol. The van der Waals surface area contributed by atoms with Crippen molar-refractivity contribution in [1.82, 2.24) is 9.80 Å². The quantitative estimate of drug-likeness (QED) is 0.773. The number of ether oxygens (including phenoxy) is 3. The summed E-state index contributed by atoms with van der Waals surface area (Å²) in [6, 6.07) is 5.68. The fraction of sp³-hybridized carbons (Fsp3) is 0.650. The van der Waals surface area contributed by atoms with E-state index in [0.29, 0.717) is 23.8 Å². The lowest BCUT2D eigenvalue weighted by Gasteiger charge is -2.36. The van der Waals surface area contributed by atoms with E-state index >= 15 is 0 Å². The van der Waals surface area contributed by atoms with Crippen LogP contribution in [0.15, 0.2) is 18.2 Å². The van der Waals surface area contributed by atoms with Crippen LogP contribution in [0.1, 0.15) is 18.4 Å². The number of piperidine rings is 1. The highest BCUT2D eigenvalue weighted by molar-refractivity contribution is 5.79. The molecule has 3 rings (SSSR count). The van der Waals surface area contributed by atoms with Crippen molar-refractivity contribution in [2.45, 2.75) is 19.3 Å². The van der Waals surface area contributed by atoms with Gasteiger partial charge in [0.15, 0.2) is 11.5 Å². The third-order valence-electron chi connectivity index (χ3n) is 5.39. The molecule has 26 heavy (non-hydrogen) atoms. The number of hydrogen-bond acceptors (Lipinski definition) is 5. The molecule has 1 aromatic carbocycles. The first-order valence-electron chi connectivity index (χ1n) is 9.48. The molecule has 1 aromatic rings. The van der Waals surface area contributed by atoms with Crippen molar-refractivity contribution in [3.8, 4) is 11.5 Å². The second-order valence-corrected chi connectivity index (χ2v) is 7.10. The molecule has 6 nitrogen and oxygen atoms in total. The zero-order valence-corrected chi connectivity index (χ0v) is 15.9. The molecule has 2 heterocycles. The molecule has 2 fully saturated rings. The van der Waals surface area contributed by atoms with E-state index in [1.54, 1.807) is 14.2 Å². The summed E-state index contributed by atoms with van der Waals surface area (Å²) < 4.78 is 16.0. The van der Waals surface area contributed by atoms with Crippen LogP contribution in [0.2, 0.25) is 0 Å².